The van der Waals surface area contributed by atoms with Crippen LogP contribution in [0.1, 0.15) is 0 Å². The van der Waals surface area contributed by atoms with Crippen LogP contribution in [0.2, 0.25) is 0 Å². The van der Waals surface area contributed by atoms with Crippen molar-refractivity contribution in [3.63, 3.8) is 0 Å². The highest BCUT2D eigenvalue weighted by molar-refractivity contribution is 14.1. The van der Waals surface area contributed by atoms with Gasteiger partial charge in [-0.15, -0.1) is 0 Å². The number of nitrogens with zero attached hydrogens (tertiary/aromatic N) is 1. The number of anilines is 1. The molecule has 0 aliphatic heterocycles. The molecule has 21 heavy (non-hydrogen) atoms. The van der Waals surface area contributed by atoms with Crippen LogP contribution in [0, 0.1) is 3.57 Å². The van der Waals surface area contributed by atoms with Gasteiger partial charge in [-0.05, 0) is 50.2 Å². The fourth-order valence-corrected chi connectivity index (χ4v) is 3.30. The highest BCUT2D eigenvalue weighted by atomic mass is 127. The lowest BCUT2D eigenvalue weighted by Gasteiger charge is -2.10. The molecule has 0 aliphatic rings. The second-order valence-corrected chi connectivity index (χ2v) is 6.07. The van der Waals surface area contributed by atoms with Gasteiger partial charge in [0.05, 0.1) is 9.26 Å². The molecule has 3 nitrogen and oxygen atoms in total. The molecule has 1 heterocycles. The van der Waals surface area contributed by atoms with E-state index in [1.807, 2.05) is 0 Å². The van der Waals surface area contributed by atoms with Crippen molar-refractivity contribution in [2.45, 2.75) is 0 Å². The van der Waals surface area contributed by atoms with Crippen molar-refractivity contribution in [1.82, 2.24) is 10.2 Å². The molecule has 102 valence electrons. The van der Waals surface area contributed by atoms with E-state index in [9.17, 15) is 0 Å². The Morgan fingerprint density at radius 2 is 1.48 bits per heavy atom. The first-order valence-corrected chi connectivity index (χ1v) is 7.74. The molecular weight excluding hydrogens is 373 g/mol. The summed E-state index contributed by atoms with van der Waals surface area (Å²) in [4.78, 5) is 0. The number of fused-ring (bicyclic) bond motifs is 2. The first-order chi connectivity index (χ1) is 10.3. The maximum atomic E-state index is 5.92. The molecular formula is C17H12IN3. The molecule has 0 spiro atoms. The normalized spacial score (nSPS) is 11.3. The fourth-order valence-electron chi connectivity index (χ4n) is 2.79. The molecule has 0 saturated carbocycles. The lowest BCUT2D eigenvalue weighted by atomic mass is 9.95. The number of hydrogen-bond acceptors (Lipinski definition) is 2. The number of aromatic nitrogens is 2. The minimum atomic E-state index is 0.544. The minimum absolute atomic E-state index is 0.544. The quantitative estimate of drug-likeness (QED) is 0.373. The number of benzene rings is 3. The van der Waals surface area contributed by atoms with E-state index in [2.05, 4.69) is 87.4 Å². The Labute approximate surface area is 135 Å². The van der Waals surface area contributed by atoms with Gasteiger partial charge in [0.2, 0.25) is 0 Å². The molecule has 0 radical (unpaired) electrons. The van der Waals surface area contributed by atoms with E-state index in [1.54, 1.807) is 0 Å². The zero-order valence-corrected chi connectivity index (χ0v) is 13.3. The van der Waals surface area contributed by atoms with Crippen LogP contribution in [0.3, 0.4) is 0 Å². The van der Waals surface area contributed by atoms with Gasteiger partial charge < -0.3 is 5.73 Å². The smallest absolute Gasteiger partial charge is 0.159 e. The van der Waals surface area contributed by atoms with Crippen LogP contribution in [0.4, 0.5) is 5.82 Å². The average molecular weight is 385 g/mol. The molecule has 0 atom stereocenters. The molecule has 4 aromatic rings. The number of H-pyrrole nitrogens is 1. The van der Waals surface area contributed by atoms with Gasteiger partial charge in [-0.25, -0.2) is 0 Å². The first kappa shape index (κ1) is 12.6. The Hall–Kier alpha value is -2.08. The number of halogens is 1. The number of nitrogens with two attached hydrogens (primary N) is 1. The van der Waals surface area contributed by atoms with E-state index in [0.717, 1.165) is 14.8 Å². The molecule has 4 heteroatoms. The molecule has 0 bridgehead atoms. The van der Waals surface area contributed by atoms with Crippen LogP contribution >= 0.6 is 22.6 Å². The summed E-state index contributed by atoms with van der Waals surface area (Å²) in [5.41, 5.74) is 8.07. The van der Waals surface area contributed by atoms with E-state index < -0.39 is 0 Å². The third-order valence-electron chi connectivity index (χ3n) is 3.75. The molecule has 3 N–H and O–H groups in total. The predicted molar refractivity (Wildman–Crippen MR) is 96.2 cm³/mol. The van der Waals surface area contributed by atoms with Crippen molar-refractivity contribution in [1.29, 1.82) is 0 Å². The Balaban J connectivity index is 2.24. The zero-order chi connectivity index (χ0) is 14.4. The number of aromatic amines is 1. The maximum absolute atomic E-state index is 5.92. The summed E-state index contributed by atoms with van der Waals surface area (Å²) in [5.74, 6) is 0.544. The largest absolute Gasteiger partial charge is 0.381 e. The summed E-state index contributed by atoms with van der Waals surface area (Å²) in [6.45, 7) is 0. The summed E-state index contributed by atoms with van der Waals surface area (Å²) in [7, 11) is 0. The molecule has 1 aromatic heterocycles. The highest BCUT2D eigenvalue weighted by Crippen LogP contribution is 2.38. The van der Waals surface area contributed by atoms with Crippen molar-refractivity contribution < 1.29 is 0 Å². The first-order valence-electron chi connectivity index (χ1n) is 6.66. The Morgan fingerprint density at radius 1 is 0.905 bits per heavy atom. The third-order valence-corrected chi connectivity index (χ3v) is 4.85. The number of rotatable bonds is 1. The van der Waals surface area contributed by atoms with Crippen LogP contribution in [0.15, 0.2) is 54.6 Å². The lowest BCUT2D eigenvalue weighted by Crippen LogP contribution is -1.88. The van der Waals surface area contributed by atoms with Gasteiger partial charge in [-0.2, -0.15) is 5.10 Å². The maximum Gasteiger partial charge on any atom is 0.159 e. The van der Waals surface area contributed by atoms with E-state index in [1.165, 1.54) is 21.5 Å². The van der Waals surface area contributed by atoms with Gasteiger partial charge in [0.25, 0.3) is 0 Å². The summed E-state index contributed by atoms with van der Waals surface area (Å²) in [6.07, 6.45) is 0. The van der Waals surface area contributed by atoms with Crippen molar-refractivity contribution in [3.8, 4) is 11.3 Å². The molecule has 0 amide bonds. The van der Waals surface area contributed by atoms with Crippen molar-refractivity contribution in [2.24, 2.45) is 0 Å². The Bertz CT molecular complexity index is 918. The second kappa shape index (κ2) is 4.73. The highest BCUT2D eigenvalue weighted by Gasteiger charge is 2.15. The number of nitrogens with one attached hydrogen (secondary N) is 1. The Morgan fingerprint density at radius 3 is 2.00 bits per heavy atom. The molecule has 0 unspecified atom stereocenters. The SMILES string of the molecule is Nc1n[nH]c(-c2c3ccccc3cc3ccccc23)c1I. The topological polar surface area (TPSA) is 54.7 Å². The van der Waals surface area contributed by atoms with Crippen LogP contribution in [0.5, 0.6) is 0 Å². The monoisotopic (exact) mass is 385 g/mol. The fraction of sp³-hybridized carbons (Fsp3) is 0. The van der Waals surface area contributed by atoms with Gasteiger partial charge in [-0.3, -0.25) is 5.10 Å². The van der Waals surface area contributed by atoms with Crippen LogP contribution in [0.25, 0.3) is 32.8 Å². The summed E-state index contributed by atoms with van der Waals surface area (Å²) >= 11 is 2.25. The molecule has 0 aliphatic carbocycles. The van der Waals surface area contributed by atoms with Crippen LogP contribution in [-0.2, 0) is 0 Å². The third kappa shape index (κ3) is 1.90. The van der Waals surface area contributed by atoms with E-state index in [0.29, 0.717) is 5.82 Å². The van der Waals surface area contributed by atoms with Crippen molar-refractivity contribution >= 4 is 50.0 Å². The average Bonchev–Trinajstić information content (AvgIpc) is 2.84. The van der Waals surface area contributed by atoms with Crippen LogP contribution < -0.4 is 5.73 Å². The predicted octanol–water partition coefficient (Wildman–Crippen LogP) is 4.57. The molecule has 4 rings (SSSR count). The van der Waals surface area contributed by atoms with Gasteiger partial charge in [0.15, 0.2) is 5.82 Å². The zero-order valence-electron chi connectivity index (χ0n) is 11.1. The minimum Gasteiger partial charge on any atom is -0.381 e. The molecule has 3 aromatic carbocycles. The van der Waals surface area contributed by atoms with Gasteiger partial charge in [0.1, 0.15) is 0 Å². The van der Waals surface area contributed by atoms with Gasteiger partial charge in [-0.1, -0.05) is 48.5 Å². The lowest BCUT2D eigenvalue weighted by molar-refractivity contribution is 1.11. The van der Waals surface area contributed by atoms with E-state index in [-0.39, 0.29) is 0 Å². The van der Waals surface area contributed by atoms with Crippen LogP contribution in [-0.4, -0.2) is 10.2 Å². The molecule has 0 fully saturated rings. The second-order valence-electron chi connectivity index (χ2n) is 4.99. The Kier molecular flexibility index (Phi) is 2.85. The van der Waals surface area contributed by atoms with Crippen molar-refractivity contribution in [3.05, 3.63) is 58.2 Å². The number of nitrogen functional groups attached to an aromatic ring is 1. The van der Waals surface area contributed by atoms with Gasteiger partial charge >= 0.3 is 0 Å². The van der Waals surface area contributed by atoms with E-state index in [4.69, 9.17) is 5.73 Å². The van der Waals surface area contributed by atoms with Crippen molar-refractivity contribution in [2.75, 3.05) is 5.73 Å². The molecule has 0 saturated heterocycles. The summed E-state index contributed by atoms with van der Waals surface area (Å²) < 4.78 is 0.967. The van der Waals surface area contributed by atoms with E-state index >= 15 is 0 Å². The summed E-state index contributed by atoms with van der Waals surface area (Å²) in [6, 6.07) is 19.0. The van der Waals surface area contributed by atoms with Gasteiger partial charge in [0, 0.05) is 5.56 Å². The number of hydrogen-bond donors (Lipinski definition) is 2. The standard InChI is InChI=1S/C17H12IN3/c18-15-16(20-21-17(15)19)14-12-7-3-1-5-10(12)9-11-6-2-4-8-13(11)14/h1-9H,(H3,19,20,21). The summed E-state index contributed by atoms with van der Waals surface area (Å²) in [5, 5.41) is 12.1.